The van der Waals surface area contributed by atoms with Crippen LogP contribution in [0.3, 0.4) is 0 Å². The van der Waals surface area contributed by atoms with E-state index in [9.17, 15) is 8.42 Å². The predicted octanol–water partition coefficient (Wildman–Crippen LogP) is 1.09. The quantitative estimate of drug-likeness (QED) is 0.507. The molecule has 0 aliphatic rings. The molecule has 0 saturated heterocycles. The van der Waals surface area contributed by atoms with E-state index in [0.29, 0.717) is 0 Å². The molecule has 0 saturated carbocycles. The van der Waals surface area contributed by atoms with Gasteiger partial charge in [0.2, 0.25) is 0 Å². The van der Waals surface area contributed by atoms with E-state index >= 15 is 0 Å². The number of halogens is 1. The Morgan fingerprint density at radius 1 is 1.50 bits per heavy atom. The number of hydrogen-bond donors (Lipinski definition) is 0. The zero-order chi connectivity index (χ0) is 9.99. The van der Waals surface area contributed by atoms with Crippen LogP contribution >= 0.6 is 10.7 Å². The minimum absolute atomic E-state index is 0.227. The van der Waals surface area contributed by atoms with E-state index in [1.807, 2.05) is 0 Å². The normalized spacial score (nSPS) is 13.0. The van der Waals surface area contributed by atoms with Crippen molar-refractivity contribution >= 4 is 19.9 Å². The molecule has 6 heteroatoms. The number of hydrogen-bond acceptors (Lipinski definition) is 3. The first-order chi connectivity index (χ1) is 5.19. The van der Waals surface area contributed by atoms with Crippen LogP contribution in [-0.4, -0.2) is 24.8 Å². The molecule has 0 aliphatic carbocycles. The van der Waals surface area contributed by atoms with Gasteiger partial charge in [0.25, 0.3) is 0 Å². The Labute approximate surface area is 77.3 Å². The van der Waals surface area contributed by atoms with Crippen LogP contribution in [0.4, 0.5) is 0 Å². The van der Waals surface area contributed by atoms with Crippen LogP contribution in [0.2, 0.25) is 0 Å². The molecule has 4 nitrogen and oxygen atoms in total. The van der Waals surface area contributed by atoms with E-state index < -0.39 is 14.8 Å². The predicted molar refractivity (Wildman–Crippen MR) is 46.8 cm³/mol. The lowest BCUT2D eigenvalue weighted by Gasteiger charge is -2.29. The Morgan fingerprint density at radius 3 is 2.00 bits per heavy atom. The topological polar surface area (TPSA) is 61.2 Å². The molecule has 0 radical (unpaired) electrons. The van der Waals surface area contributed by atoms with Gasteiger partial charge < -0.3 is 0 Å². The van der Waals surface area contributed by atoms with Gasteiger partial charge in [0.15, 0.2) is 0 Å². The summed E-state index contributed by atoms with van der Waals surface area (Å²) in [6.45, 7) is 4.79. The van der Waals surface area contributed by atoms with E-state index in [1.54, 1.807) is 26.8 Å². The molecular weight excluding hydrogens is 200 g/mol. The van der Waals surface area contributed by atoms with E-state index in [0.717, 1.165) is 4.31 Å². The lowest BCUT2D eigenvalue weighted by Crippen LogP contribution is -2.43. The van der Waals surface area contributed by atoms with Gasteiger partial charge in [-0.3, -0.25) is 0 Å². The van der Waals surface area contributed by atoms with Crippen LogP contribution in [-0.2, 0) is 9.24 Å². The Balaban J connectivity index is 4.85. The molecule has 0 rings (SSSR count). The monoisotopic (exact) mass is 210 g/mol. The van der Waals surface area contributed by atoms with Gasteiger partial charge in [-0.1, -0.05) is 0 Å². The summed E-state index contributed by atoms with van der Waals surface area (Å²) in [7, 11) is 1.31. The van der Waals surface area contributed by atoms with Crippen molar-refractivity contribution in [3.63, 3.8) is 0 Å². The summed E-state index contributed by atoms with van der Waals surface area (Å²) >= 11 is 0. The molecule has 0 aromatic carbocycles. The Morgan fingerprint density at radius 2 is 1.92 bits per heavy atom. The van der Waals surface area contributed by atoms with E-state index in [4.69, 9.17) is 15.9 Å². The van der Waals surface area contributed by atoms with Gasteiger partial charge in [-0.15, -0.1) is 0 Å². The second kappa shape index (κ2) is 3.60. The largest absolute Gasteiger partial charge is 0.301 e. The minimum atomic E-state index is -3.80. The highest BCUT2D eigenvalue weighted by Gasteiger charge is 2.30. The van der Waals surface area contributed by atoms with Gasteiger partial charge in [0.05, 0.1) is 6.07 Å². The highest BCUT2D eigenvalue weighted by Crippen LogP contribution is 2.19. The zero-order valence-electron chi connectivity index (χ0n) is 7.20. The minimum Gasteiger partial charge on any atom is -0.197 e. The molecule has 0 atom stereocenters. The van der Waals surface area contributed by atoms with Crippen molar-refractivity contribution < 1.29 is 8.42 Å². The van der Waals surface area contributed by atoms with Crippen LogP contribution < -0.4 is 0 Å². The fourth-order valence-corrected chi connectivity index (χ4v) is 2.34. The molecule has 0 unspecified atom stereocenters. The number of nitriles is 1. The molecule has 12 heavy (non-hydrogen) atoms. The SMILES string of the molecule is CC(C)(C)N(CC#N)S(=O)(=O)Cl. The van der Waals surface area contributed by atoms with Crippen LogP contribution in [0.25, 0.3) is 0 Å². The summed E-state index contributed by atoms with van der Waals surface area (Å²) in [5.74, 6) is 0. The van der Waals surface area contributed by atoms with Crippen LogP contribution in [0.5, 0.6) is 0 Å². The molecule has 0 amide bonds. The lowest BCUT2D eigenvalue weighted by molar-refractivity contribution is 0.277. The average molecular weight is 211 g/mol. The van der Waals surface area contributed by atoms with Crippen molar-refractivity contribution in [1.82, 2.24) is 4.31 Å². The molecule has 0 aliphatic heterocycles. The molecule has 0 N–H and O–H groups in total. The lowest BCUT2D eigenvalue weighted by atomic mass is 10.1. The van der Waals surface area contributed by atoms with Crippen molar-refractivity contribution in [1.29, 1.82) is 5.26 Å². The summed E-state index contributed by atoms with van der Waals surface area (Å²) in [6, 6.07) is 1.74. The average Bonchev–Trinajstić information content (AvgIpc) is 1.77. The summed E-state index contributed by atoms with van der Waals surface area (Å²) in [6.07, 6.45) is 0. The van der Waals surface area contributed by atoms with E-state index in [1.165, 1.54) is 0 Å². The Bertz CT molecular complexity index is 286. The molecule has 0 fully saturated rings. The van der Waals surface area contributed by atoms with Crippen molar-refractivity contribution in [2.24, 2.45) is 0 Å². The van der Waals surface area contributed by atoms with Crippen molar-refractivity contribution in [3.05, 3.63) is 0 Å². The first kappa shape index (κ1) is 11.7. The van der Waals surface area contributed by atoms with E-state index in [-0.39, 0.29) is 6.54 Å². The zero-order valence-corrected chi connectivity index (χ0v) is 8.78. The summed E-state index contributed by atoms with van der Waals surface area (Å²) in [5.41, 5.74) is -0.656. The molecule has 0 spiro atoms. The van der Waals surface area contributed by atoms with Gasteiger partial charge in [-0.05, 0) is 20.8 Å². The molecule has 0 heterocycles. The maximum atomic E-state index is 10.9. The fraction of sp³-hybridized carbons (Fsp3) is 0.833. The third-order valence-corrected chi connectivity index (χ3v) is 2.93. The third-order valence-electron chi connectivity index (χ3n) is 1.23. The smallest absolute Gasteiger partial charge is 0.197 e. The standard InChI is InChI=1S/C6H11ClN2O2S/c1-6(2,3)9(5-4-8)12(7,10)11/h5H2,1-3H3. The number of rotatable bonds is 2. The van der Waals surface area contributed by atoms with Crippen molar-refractivity contribution in [2.45, 2.75) is 26.3 Å². The Hall–Kier alpha value is -0.310. The molecule has 0 aromatic rings. The second-order valence-corrected chi connectivity index (χ2v) is 5.71. The van der Waals surface area contributed by atoms with Gasteiger partial charge >= 0.3 is 9.24 Å². The van der Waals surface area contributed by atoms with Crippen molar-refractivity contribution in [3.8, 4) is 6.07 Å². The summed E-state index contributed by atoms with van der Waals surface area (Å²) in [4.78, 5) is 0. The van der Waals surface area contributed by atoms with Crippen molar-refractivity contribution in [2.75, 3.05) is 6.54 Å². The highest BCUT2D eigenvalue weighted by atomic mass is 35.7. The molecule has 0 aromatic heterocycles. The molecule has 70 valence electrons. The molecular formula is C6H11ClN2O2S. The maximum absolute atomic E-state index is 10.9. The second-order valence-electron chi connectivity index (χ2n) is 3.28. The third kappa shape index (κ3) is 3.39. The first-order valence-corrected chi connectivity index (χ1v) is 5.55. The van der Waals surface area contributed by atoms with E-state index in [2.05, 4.69) is 0 Å². The molecule has 0 bridgehead atoms. The van der Waals surface area contributed by atoms with Gasteiger partial charge in [0.1, 0.15) is 6.54 Å². The highest BCUT2D eigenvalue weighted by molar-refractivity contribution is 8.11. The van der Waals surface area contributed by atoms with Gasteiger partial charge in [-0.25, -0.2) is 0 Å². The summed E-state index contributed by atoms with van der Waals surface area (Å²) in [5, 5.41) is 8.35. The number of nitrogens with zero attached hydrogens (tertiary/aromatic N) is 2. The van der Waals surface area contributed by atoms with Crippen LogP contribution in [0, 0.1) is 11.3 Å². The van der Waals surface area contributed by atoms with Gasteiger partial charge in [0, 0.05) is 16.2 Å². The Kier molecular flexibility index (Phi) is 3.51. The summed E-state index contributed by atoms with van der Waals surface area (Å²) < 4.78 is 22.7. The first-order valence-electron chi connectivity index (χ1n) is 3.29. The van der Waals surface area contributed by atoms with Crippen LogP contribution in [0.15, 0.2) is 0 Å². The maximum Gasteiger partial charge on any atom is 0.301 e. The van der Waals surface area contributed by atoms with Gasteiger partial charge in [-0.2, -0.15) is 18.0 Å². The van der Waals surface area contributed by atoms with Crippen LogP contribution in [0.1, 0.15) is 20.8 Å². The fourth-order valence-electron chi connectivity index (χ4n) is 0.706.